The van der Waals surface area contributed by atoms with Gasteiger partial charge in [-0.1, -0.05) is 0 Å². The Morgan fingerprint density at radius 1 is 1.21 bits per heavy atom. The molecule has 1 rings (SSSR count). The van der Waals surface area contributed by atoms with Gasteiger partial charge in [0.25, 0.3) is 0 Å². The Kier molecular flexibility index (Phi) is 5.45. The van der Waals surface area contributed by atoms with E-state index < -0.39 is 0 Å². The SMILES string of the molecule is CCOC(CN(C)CC1CC1)OCC. The first-order valence-electron chi connectivity index (χ1n) is 5.68. The predicted octanol–water partition coefficient (Wildman–Crippen LogP) is 1.73. The third-order valence-electron chi connectivity index (χ3n) is 2.43. The van der Waals surface area contributed by atoms with Crippen LogP contribution in [0.25, 0.3) is 0 Å². The molecule has 0 spiro atoms. The van der Waals surface area contributed by atoms with Crippen LogP contribution in [0.15, 0.2) is 0 Å². The zero-order valence-corrected chi connectivity index (χ0v) is 9.66. The van der Waals surface area contributed by atoms with E-state index in [-0.39, 0.29) is 6.29 Å². The normalized spacial score (nSPS) is 16.9. The molecule has 0 heterocycles. The number of ether oxygens (including phenoxy) is 2. The summed E-state index contributed by atoms with van der Waals surface area (Å²) in [6.45, 7) is 7.54. The number of rotatable bonds is 8. The largest absolute Gasteiger partial charge is 0.352 e. The molecule has 84 valence electrons. The summed E-state index contributed by atoms with van der Waals surface area (Å²) in [6, 6.07) is 0. The van der Waals surface area contributed by atoms with Gasteiger partial charge < -0.3 is 14.4 Å². The minimum atomic E-state index is -0.0475. The second kappa shape index (κ2) is 6.38. The topological polar surface area (TPSA) is 21.7 Å². The maximum Gasteiger partial charge on any atom is 0.170 e. The lowest BCUT2D eigenvalue weighted by molar-refractivity contribution is -0.145. The molecule has 3 heteroatoms. The highest BCUT2D eigenvalue weighted by atomic mass is 16.7. The first kappa shape index (κ1) is 12.0. The van der Waals surface area contributed by atoms with Crippen molar-refractivity contribution < 1.29 is 9.47 Å². The number of likely N-dealkylation sites (N-methyl/N-ethyl adjacent to an activating group) is 1. The summed E-state index contributed by atoms with van der Waals surface area (Å²) in [5.74, 6) is 0.934. The summed E-state index contributed by atoms with van der Waals surface area (Å²) in [6.07, 6.45) is 2.75. The van der Waals surface area contributed by atoms with E-state index in [2.05, 4.69) is 11.9 Å². The maximum absolute atomic E-state index is 5.49. The van der Waals surface area contributed by atoms with Gasteiger partial charge in [0, 0.05) is 26.3 Å². The lowest BCUT2D eigenvalue weighted by Crippen LogP contribution is -2.34. The quantitative estimate of drug-likeness (QED) is 0.558. The Bertz CT molecular complexity index is 142. The molecule has 0 saturated heterocycles. The van der Waals surface area contributed by atoms with Crippen molar-refractivity contribution in [3.8, 4) is 0 Å². The van der Waals surface area contributed by atoms with Gasteiger partial charge in [-0.05, 0) is 39.7 Å². The lowest BCUT2D eigenvalue weighted by atomic mass is 10.4. The molecule has 0 N–H and O–H groups in total. The molecule has 0 bridgehead atoms. The van der Waals surface area contributed by atoms with Gasteiger partial charge >= 0.3 is 0 Å². The van der Waals surface area contributed by atoms with Crippen LogP contribution in [0.1, 0.15) is 26.7 Å². The van der Waals surface area contributed by atoms with Crippen molar-refractivity contribution in [2.45, 2.75) is 33.0 Å². The molecule has 1 aliphatic carbocycles. The molecule has 0 aromatic carbocycles. The van der Waals surface area contributed by atoms with Gasteiger partial charge in [-0.3, -0.25) is 0 Å². The summed E-state index contributed by atoms with van der Waals surface area (Å²) < 4.78 is 11.0. The van der Waals surface area contributed by atoms with Crippen LogP contribution in [0.4, 0.5) is 0 Å². The van der Waals surface area contributed by atoms with Crippen LogP contribution in [0.2, 0.25) is 0 Å². The fourth-order valence-corrected chi connectivity index (χ4v) is 1.60. The van der Waals surface area contributed by atoms with Crippen LogP contribution < -0.4 is 0 Å². The van der Waals surface area contributed by atoms with Crippen molar-refractivity contribution in [3.63, 3.8) is 0 Å². The Balaban J connectivity index is 2.14. The minimum Gasteiger partial charge on any atom is -0.352 e. The third-order valence-corrected chi connectivity index (χ3v) is 2.43. The van der Waals surface area contributed by atoms with Crippen LogP contribution in [0, 0.1) is 5.92 Å². The molecule has 14 heavy (non-hydrogen) atoms. The number of hydrogen-bond donors (Lipinski definition) is 0. The van der Waals surface area contributed by atoms with E-state index in [1.165, 1.54) is 19.4 Å². The summed E-state index contributed by atoms with van der Waals surface area (Å²) in [5.41, 5.74) is 0. The first-order valence-corrected chi connectivity index (χ1v) is 5.68. The predicted molar refractivity (Wildman–Crippen MR) is 57.3 cm³/mol. The smallest absolute Gasteiger partial charge is 0.170 e. The second-order valence-electron chi connectivity index (χ2n) is 4.00. The fraction of sp³-hybridized carbons (Fsp3) is 1.00. The Morgan fingerprint density at radius 2 is 1.79 bits per heavy atom. The molecule has 0 aliphatic heterocycles. The van der Waals surface area contributed by atoms with Gasteiger partial charge in [0.05, 0.1) is 0 Å². The molecule has 0 radical (unpaired) electrons. The Hall–Kier alpha value is -0.120. The van der Waals surface area contributed by atoms with Gasteiger partial charge in [0.15, 0.2) is 6.29 Å². The van der Waals surface area contributed by atoms with Gasteiger partial charge in [-0.2, -0.15) is 0 Å². The van der Waals surface area contributed by atoms with Crippen LogP contribution >= 0.6 is 0 Å². The average Bonchev–Trinajstić information content (AvgIpc) is 2.89. The molecule has 1 aliphatic rings. The van der Waals surface area contributed by atoms with Gasteiger partial charge in [0.1, 0.15) is 0 Å². The van der Waals surface area contributed by atoms with Gasteiger partial charge in [0.2, 0.25) is 0 Å². The molecule has 3 nitrogen and oxygen atoms in total. The van der Waals surface area contributed by atoms with E-state index in [0.29, 0.717) is 0 Å². The van der Waals surface area contributed by atoms with Crippen LogP contribution in [0.5, 0.6) is 0 Å². The van der Waals surface area contributed by atoms with Crippen molar-refractivity contribution in [2.24, 2.45) is 5.92 Å². The minimum absolute atomic E-state index is 0.0475. The molecule has 1 fully saturated rings. The molecule has 0 amide bonds. The number of hydrogen-bond acceptors (Lipinski definition) is 3. The highest BCUT2D eigenvalue weighted by molar-refractivity contribution is 4.76. The van der Waals surface area contributed by atoms with Crippen molar-refractivity contribution in [1.29, 1.82) is 0 Å². The monoisotopic (exact) mass is 201 g/mol. The molecule has 0 atom stereocenters. The fourth-order valence-electron chi connectivity index (χ4n) is 1.60. The first-order chi connectivity index (χ1) is 6.76. The van der Waals surface area contributed by atoms with Crippen molar-refractivity contribution >= 4 is 0 Å². The Labute approximate surface area is 87.4 Å². The lowest BCUT2D eigenvalue weighted by Gasteiger charge is -2.23. The Morgan fingerprint density at radius 3 is 2.21 bits per heavy atom. The summed E-state index contributed by atoms with van der Waals surface area (Å²) in [5, 5.41) is 0. The van der Waals surface area contributed by atoms with Crippen molar-refractivity contribution in [3.05, 3.63) is 0 Å². The van der Waals surface area contributed by atoms with Gasteiger partial charge in [-0.15, -0.1) is 0 Å². The molecular weight excluding hydrogens is 178 g/mol. The van der Waals surface area contributed by atoms with Crippen molar-refractivity contribution in [2.75, 3.05) is 33.4 Å². The van der Waals surface area contributed by atoms with E-state index >= 15 is 0 Å². The zero-order valence-electron chi connectivity index (χ0n) is 9.66. The maximum atomic E-state index is 5.49. The summed E-state index contributed by atoms with van der Waals surface area (Å²) in [7, 11) is 2.14. The van der Waals surface area contributed by atoms with E-state index in [1.54, 1.807) is 0 Å². The molecule has 1 saturated carbocycles. The summed E-state index contributed by atoms with van der Waals surface area (Å²) >= 11 is 0. The van der Waals surface area contributed by atoms with E-state index in [1.807, 2.05) is 13.8 Å². The molecule has 0 aromatic rings. The van der Waals surface area contributed by atoms with E-state index in [9.17, 15) is 0 Å². The van der Waals surface area contributed by atoms with Crippen LogP contribution in [-0.4, -0.2) is 44.5 Å². The van der Waals surface area contributed by atoms with Gasteiger partial charge in [-0.25, -0.2) is 0 Å². The van der Waals surface area contributed by atoms with E-state index in [4.69, 9.17) is 9.47 Å². The highest BCUT2D eigenvalue weighted by Gasteiger charge is 2.23. The second-order valence-corrected chi connectivity index (χ2v) is 4.00. The average molecular weight is 201 g/mol. The third kappa shape index (κ3) is 4.94. The summed E-state index contributed by atoms with van der Waals surface area (Å²) in [4.78, 5) is 2.31. The standard InChI is InChI=1S/C11H23NO2/c1-4-13-11(14-5-2)9-12(3)8-10-6-7-10/h10-11H,4-9H2,1-3H3. The van der Waals surface area contributed by atoms with Crippen LogP contribution in [-0.2, 0) is 9.47 Å². The molecule has 0 unspecified atom stereocenters. The van der Waals surface area contributed by atoms with E-state index in [0.717, 1.165) is 25.7 Å². The highest BCUT2D eigenvalue weighted by Crippen LogP contribution is 2.29. The van der Waals surface area contributed by atoms with Crippen LogP contribution in [0.3, 0.4) is 0 Å². The zero-order chi connectivity index (χ0) is 10.4. The number of nitrogens with zero attached hydrogens (tertiary/aromatic N) is 1. The van der Waals surface area contributed by atoms with Crippen molar-refractivity contribution in [1.82, 2.24) is 4.90 Å². The molecule has 0 aromatic heterocycles. The molecular formula is C11H23NO2.